The molecule has 1 unspecified atom stereocenters. The zero-order chi connectivity index (χ0) is 17.5. The lowest BCUT2D eigenvalue weighted by atomic mass is 10.0. The van der Waals surface area contributed by atoms with Crippen molar-refractivity contribution < 1.29 is 4.79 Å². The van der Waals surface area contributed by atoms with Gasteiger partial charge in [0.1, 0.15) is 0 Å². The normalized spacial score (nSPS) is 18.0. The second-order valence-corrected chi connectivity index (χ2v) is 6.83. The predicted octanol–water partition coefficient (Wildman–Crippen LogP) is 2.98. The molecule has 25 heavy (non-hydrogen) atoms. The summed E-state index contributed by atoms with van der Waals surface area (Å²) in [5.74, 6) is 0.120. The van der Waals surface area contributed by atoms with Gasteiger partial charge in [-0.15, -0.1) is 0 Å². The highest BCUT2D eigenvalue weighted by molar-refractivity contribution is 5.76. The van der Waals surface area contributed by atoms with E-state index >= 15 is 0 Å². The maximum Gasteiger partial charge on any atom is 0.220 e. The summed E-state index contributed by atoms with van der Waals surface area (Å²) in [7, 11) is 0. The fraction of sp³-hybridized carbons (Fsp3) is 0.381. The molecule has 3 rings (SSSR count). The van der Waals surface area contributed by atoms with Crippen molar-refractivity contribution in [2.75, 3.05) is 18.8 Å². The summed E-state index contributed by atoms with van der Waals surface area (Å²) in [6, 6.07) is 18.5. The molecule has 0 bridgehead atoms. The first-order chi connectivity index (χ1) is 12.2. The van der Waals surface area contributed by atoms with E-state index in [0.717, 1.165) is 43.7 Å². The van der Waals surface area contributed by atoms with E-state index in [-0.39, 0.29) is 11.9 Å². The Hall–Kier alpha value is -2.33. The van der Waals surface area contributed by atoms with Crippen LogP contribution in [-0.2, 0) is 17.8 Å². The van der Waals surface area contributed by atoms with Gasteiger partial charge in [-0.25, -0.2) is 0 Å². The van der Waals surface area contributed by atoms with E-state index in [2.05, 4.69) is 34.5 Å². The number of nitrogens with one attached hydrogen (secondary N) is 1. The average Bonchev–Trinajstić information content (AvgIpc) is 2.62. The molecule has 4 nitrogen and oxygen atoms in total. The maximum atomic E-state index is 12.3. The van der Waals surface area contributed by atoms with Crippen molar-refractivity contribution in [3.63, 3.8) is 0 Å². The number of nitrogens with two attached hydrogens (primary N) is 1. The number of benzene rings is 2. The van der Waals surface area contributed by atoms with Gasteiger partial charge in [-0.1, -0.05) is 48.5 Å². The Morgan fingerprint density at radius 2 is 1.88 bits per heavy atom. The average molecular weight is 337 g/mol. The van der Waals surface area contributed by atoms with E-state index in [0.29, 0.717) is 12.8 Å². The molecular weight excluding hydrogens is 310 g/mol. The predicted molar refractivity (Wildman–Crippen MR) is 102 cm³/mol. The van der Waals surface area contributed by atoms with E-state index in [1.54, 1.807) is 0 Å². The number of carbonyl (C=O) groups is 1. The Kier molecular flexibility index (Phi) is 6.07. The Morgan fingerprint density at radius 1 is 1.12 bits per heavy atom. The van der Waals surface area contributed by atoms with Crippen LogP contribution in [0.5, 0.6) is 0 Å². The van der Waals surface area contributed by atoms with E-state index in [1.165, 1.54) is 5.56 Å². The summed E-state index contributed by atoms with van der Waals surface area (Å²) in [5, 5.41) is 3.20. The van der Waals surface area contributed by atoms with Crippen molar-refractivity contribution in [1.29, 1.82) is 0 Å². The molecule has 1 aliphatic heterocycles. The number of amides is 1. The largest absolute Gasteiger partial charge is 0.399 e. The van der Waals surface area contributed by atoms with Crippen molar-refractivity contribution in [2.24, 2.45) is 0 Å². The third kappa shape index (κ3) is 5.33. The summed E-state index contributed by atoms with van der Waals surface area (Å²) in [6.45, 7) is 2.98. The molecule has 0 aliphatic carbocycles. The SMILES string of the molecule is Nc1ccccc1CCC(=O)NC1CCCN(Cc2ccccc2)C1. The van der Waals surface area contributed by atoms with Crippen LogP contribution < -0.4 is 11.1 Å². The van der Waals surface area contributed by atoms with Crippen molar-refractivity contribution in [1.82, 2.24) is 10.2 Å². The van der Waals surface area contributed by atoms with Gasteiger partial charge in [0.05, 0.1) is 0 Å². The summed E-state index contributed by atoms with van der Waals surface area (Å²) in [4.78, 5) is 14.7. The van der Waals surface area contributed by atoms with Gasteiger partial charge in [-0.05, 0) is 43.0 Å². The lowest BCUT2D eigenvalue weighted by Crippen LogP contribution is -2.47. The third-order valence-corrected chi connectivity index (χ3v) is 4.80. The van der Waals surface area contributed by atoms with E-state index in [1.807, 2.05) is 30.3 Å². The molecule has 4 heteroatoms. The highest BCUT2D eigenvalue weighted by Crippen LogP contribution is 2.15. The van der Waals surface area contributed by atoms with Gasteiger partial charge in [-0.3, -0.25) is 9.69 Å². The Labute approximate surface area is 150 Å². The van der Waals surface area contributed by atoms with Crippen LogP contribution in [0.2, 0.25) is 0 Å². The minimum Gasteiger partial charge on any atom is -0.399 e. The molecule has 0 radical (unpaired) electrons. The molecule has 3 N–H and O–H groups in total. The van der Waals surface area contributed by atoms with E-state index in [4.69, 9.17) is 5.73 Å². The second-order valence-electron chi connectivity index (χ2n) is 6.83. The topological polar surface area (TPSA) is 58.4 Å². The molecule has 0 saturated carbocycles. The summed E-state index contributed by atoms with van der Waals surface area (Å²) in [5.41, 5.74) is 9.09. The summed E-state index contributed by atoms with van der Waals surface area (Å²) >= 11 is 0. The number of likely N-dealkylation sites (tertiary alicyclic amines) is 1. The van der Waals surface area contributed by atoms with E-state index < -0.39 is 0 Å². The number of hydrogen-bond acceptors (Lipinski definition) is 3. The molecule has 1 saturated heterocycles. The van der Waals surface area contributed by atoms with Crippen LogP contribution in [0.25, 0.3) is 0 Å². The fourth-order valence-corrected chi connectivity index (χ4v) is 3.47. The van der Waals surface area contributed by atoms with Crippen LogP contribution in [0.1, 0.15) is 30.4 Å². The number of aryl methyl sites for hydroxylation is 1. The lowest BCUT2D eigenvalue weighted by molar-refractivity contribution is -0.122. The monoisotopic (exact) mass is 337 g/mol. The Morgan fingerprint density at radius 3 is 2.68 bits per heavy atom. The highest BCUT2D eigenvalue weighted by Gasteiger charge is 2.21. The van der Waals surface area contributed by atoms with Gasteiger partial charge in [0.2, 0.25) is 5.91 Å². The van der Waals surface area contributed by atoms with Crippen LogP contribution >= 0.6 is 0 Å². The van der Waals surface area contributed by atoms with Crippen molar-refractivity contribution in [3.05, 3.63) is 65.7 Å². The molecule has 1 fully saturated rings. The Balaban J connectivity index is 1.45. The van der Waals surface area contributed by atoms with Crippen molar-refractivity contribution in [2.45, 2.75) is 38.3 Å². The summed E-state index contributed by atoms with van der Waals surface area (Å²) < 4.78 is 0. The molecular formula is C21H27N3O. The number of nitrogen functional groups attached to an aromatic ring is 1. The van der Waals surface area contributed by atoms with Crippen LogP contribution in [-0.4, -0.2) is 29.9 Å². The van der Waals surface area contributed by atoms with Gasteiger partial charge in [0.15, 0.2) is 0 Å². The first-order valence-electron chi connectivity index (χ1n) is 9.10. The number of piperidine rings is 1. The third-order valence-electron chi connectivity index (χ3n) is 4.80. The first-order valence-corrected chi connectivity index (χ1v) is 9.10. The quantitative estimate of drug-likeness (QED) is 0.797. The van der Waals surface area contributed by atoms with Gasteiger partial charge in [0.25, 0.3) is 0 Å². The number of carbonyl (C=O) groups excluding carboxylic acids is 1. The maximum absolute atomic E-state index is 12.3. The molecule has 1 aliphatic rings. The standard InChI is InChI=1S/C21H27N3O/c22-20-11-5-4-9-18(20)12-13-21(25)23-19-10-6-14-24(16-19)15-17-7-2-1-3-8-17/h1-5,7-9,11,19H,6,10,12-16,22H2,(H,23,25). The highest BCUT2D eigenvalue weighted by atomic mass is 16.1. The molecule has 2 aromatic rings. The smallest absolute Gasteiger partial charge is 0.220 e. The van der Waals surface area contributed by atoms with Crippen LogP contribution in [0.4, 0.5) is 5.69 Å². The zero-order valence-electron chi connectivity index (χ0n) is 14.7. The minimum absolute atomic E-state index is 0.120. The van der Waals surface area contributed by atoms with E-state index in [9.17, 15) is 4.79 Å². The molecule has 2 aromatic carbocycles. The van der Waals surface area contributed by atoms with Crippen LogP contribution in [0, 0.1) is 0 Å². The number of nitrogens with zero attached hydrogens (tertiary/aromatic N) is 1. The number of anilines is 1. The molecule has 0 spiro atoms. The number of para-hydroxylation sites is 1. The molecule has 1 amide bonds. The zero-order valence-corrected chi connectivity index (χ0v) is 14.7. The van der Waals surface area contributed by atoms with Gasteiger partial charge < -0.3 is 11.1 Å². The molecule has 0 aromatic heterocycles. The fourth-order valence-electron chi connectivity index (χ4n) is 3.47. The summed E-state index contributed by atoms with van der Waals surface area (Å²) in [6.07, 6.45) is 3.37. The van der Waals surface area contributed by atoms with Gasteiger partial charge in [-0.2, -0.15) is 0 Å². The molecule has 1 heterocycles. The van der Waals surface area contributed by atoms with Crippen molar-refractivity contribution in [3.8, 4) is 0 Å². The van der Waals surface area contributed by atoms with Crippen LogP contribution in [0.3, 0.4) is 0 Å². The minimum atomic E-state index is 0.120. The second kappa shape index (κ2) is 8.67. The van der Waals surface area contributed by atoms with Crippen molar-refractivity contribution >= 4 is 11.6 Å². The molecule has 1 atom stereocenters. The number of hydrogen-bond donors (Lipinski definition) is 2. The van der Waals surface area contributed by atoms with Crippen LogP contribution in [0.15, 0.2) is 54.6 Å². The molecule has 132 valence electrons. The first kappa shape index (κ1) is 17.5. The lowest BCUT2D eigenvalue weighted by Gasteiger charge is -2.33. The number of rotatable bonds is 6. The Bertz CT molecular complexity index is 687. The van der Waals surface area contributed by atoms with Gasteiger partial charge >= 0.3 is 0 Å². The van der Waals surface area contributed by atoms with Gasteiger partial charge in [0, 0.05) is 31.2 Å².